The van der Waals surface area contributed by atoms with Gasteiger partial charge < -0.3 is 9.13 Å². The van der Waals surface area contributed by atoms with Gasteiger partial charge in [0.05, 0.1) is 33.5 Å². The highest BCUT2D eigenvalue weighted by Gasteiger charge is 2.15. The summed E-state index contributed by atoms with van der Waals surface area (Å²) in [5, 5.41) is 5.06. The Morgan fingerprint density at radius 2 is 0.556 bits per heavy atom. The molecule has 0 radical (unpaired) electrons. The molecule has 3 aromatic heterocycles. The number of nitrogens with zero attached hydrogens (tertiary/aromatic N) is 3. The van der Waals surface area contributed by atoms with Crippen molar-refractivity contribution in [2.45, 2.75) is 7.43 Å². The van der Waals surface area contributed by atoms with Crippen molar-refractivity contribution in [3.05, 3.63) is 237 Å². The molecule has 12 rings (SSSR count). The molecule has 0 saturated carbocycles. The molecule has 298 valence electrons. The van der Waals surface area contributed by atoms with Gasteiger partial charge in [-0.1, -0.05) is 171 Å². The molecule has 3 heteroatoms. The Morgan fingerprint density at radius 3 is 0.952 bits per heavy atom. The van der Waals surface area contributed by atoms with Gasteiger partial charge in [0.15, 0.2) is 0 Å². The molecule has 0 aliphatic heterocycles. The number of hydrogen-bond donors (Lipinski definition) is 0. The number of para-hydroxylation sites is 4. The van der Waals surface area contributed by atoms with Crippen molar-refractivity contribution in [2.24, 2.45) is 0 Å². The van der Waals surface area contributed by atoms with Gasteiger partial charge in [0.25, 0.3) is 0 Å². The molecular weight excluding hydrogens is 763 g/mol. The van der Waals surface area contributed by atoms with Gasteiger partial charge in [-0.2, -0.15) is 0 Å². The van der Waals surface area contributed by atoms with Gasteiger partial charge in [0.1, 0.15) is 0 Å². The maximum Gasteiger partial charge on any atom is 0.0715 e. The van der Waals surface area contributed by atoms with Crippen molar-refractivity contribution in [1.29, 1.82) is 0 Å². The number of pyridine rings is 1. The zero-order valence-electron chi connectivity index (χ0n) is 33.9. The lowest BCUT2D eigenvalue weighted by molar-refractivity contribution is 1.18. The fraction of sp³-hybridized carbons (Fsp3) is 0.0167. The molecule has 12 aromatic rings. The molecule has 0 N–H and O–H groups in total. The minimum absolute atomic E-state index is 0. The molecule has 0 aliphatic rings. The van der Waals surface area contributed by atoms with Gasteiger partial charge >= 0.3 is 0 Å². The number of benzene rings is 9. The van der Waals surface area contributed by atoms with E-state index < -0.39 is 0 Å². The van der Waals surface area contributed by atoms with Crippen LogP contribution in [-0.4, -0.2) is 14.1 Å². The third-order valence-corrected chi connectivity index (χ3v) is 12.3. The summed E-state index contributed by atoms with van der Waals surface area (Å²) in [5.74, 6) is 0. The predicted molar refractivity (Wildman–Crippen MR) is 267 cm³/mol. The fourth-order valence-electron chi connectivity index (χ4n) is 9.35. The maximum atomic E-state index is 5.37. The summed E-state index contributed by atoms with van der Waals surface area (Å²) in [7, 11) is 0. The lowest BCUT2D eigenvalue weighted by Crippen LogP contribution is -1.94. The van der Waals surface area contributed by atoms with Crippen LogP contribution in [0, 0.1) is 0 Å². The zero-order valence-corrected chi connectivity index (χ0v) is 33.9. The Kier molecular flexibility index (Phi) is 9.36. The minimum atomic E-state index is 0. The zero-order chi connectivity index (χ0) is 41.0. The smallest absolute Gasteiger partial charge is 0.0715 e. The first kappa shape index (κ1) is 37.7. The van der Waals surface area contributed by atoms with E-state index in [1.807, 2.05) is 0 Å². The summed E-state index contributed by atoms with van der Waals surface area (Å²) in [5.41, 5.74) is 18.1. The number of hydrogen-bond acceptors (Lipinski definition) is 1. The molecule has 63 heavy (non-hydrogen) atoms. The van der Waals surface area contributed by atoms with Crippen molar-refractivity contribution < 1.29 is 0 Å². The minimum Gasteiger partial charge on any atom is -0.309 e. The second kappa shape index (κ2) is 15.6. The summed E-state index contributed by atoms with van der Waals surface area (Å²) < 4.78 is 4.73. The van der Waals surface area contributed by atoms with Crippen LogP contribution in [0.4, 0.5) is 0 Å². The van der Waals surface area contributed by atoms with Crippen molar-refractivity contribution >= 4 is 43.6 Å². The molecule has 0 spiro atoms. The van der Waals surface area contributed by atoms with Crippen LogP contribution in [0.3, 0.4) is 0 Å². The largest absolute Gasteiger partial charge is 0.309 e. The van der Waals surface area contributed by atoms with E-state index >= 15 is 0 Å². The van der Waals surface area contributed by atoms with Gasteiger partial charge in [-0.3, -0.25) is 0 Å². The molecule has 9 aromatic carbocycles. The van der Waals surface area contributed by atoms with Crippen molar-refractivity contribution in [3.8, 4) is 67.3 Å². The highest BCUT2D eigenvalue weighted by atomic mass is 15.0. The van der Waals surface area contributed by atoms with Crippen LogP contribution in [0.25, 0.3) is 111 Å². The highest BCUT2D eigenvalue weighted by molar-refractivity contribution is 6.10. The molecule has 0 aliphatic carbocycles. The van der Waals surface area contributed by atoms with Crippen molar-refractivity contribution in [1.82, 2.24) is 14.1 Å². The number of fused-ring (bicyclic) bond motifs is 6. The van der Waals surface area contributed by atoms with E-state index in [0.717, 1.165) is 67.3 Å². The normalized spacial score (nSPS) is 11.4. The summed E-state index contributed by atoms with van der Waals surface area (Å²) >= 11 is 0. The average molecular weight is 806 g/mol. The molecule has 0 unspecified atom stereocenters. The fourth-order valence-corrected chi connectivity index (χ4v) is 9.35. The summed E-state index contributed by atoms with van der Waals surface area (Å²) in [6.07, 6.45) is 0. The molecule has 0 saturated heterocycles. The van der Waals surface area contributed by atoms with Gasteiger partial charge in [0.2, 0.25) is 0 Å². The monoisotopic (exact) mass is 805 g/mol. The first-order valence-electron chi connectivity index (χ1n) is 21.2. The summed E-state index contributed by atoms with van der Waals surface area (Å²) in [4.78, 5) is 5.37. The summed E-state index contributed by atoms with van der Waals surface area (Å²) in [6, 6.07) is 85.1. The van der Waals surface area contributed by atoms with Crippen LogP contribution in [-0.2, 0) is 0 Å². The lowest BCUT2D eigenvalue weighted by Gasteiger charge is -2.13. The highest BCUT2D eigenvalue weighted by Crippen LogP contribution is 2.37. The Labute approximate surface area is 367 Å². The van der Waals surface area contributed by atoms with Gasteiger partial charge in [-0.05, 0) is 106 Å². The molecular formula is C60H43N3. The van der Waals surface area contributed by atoms with Crippen LogP contribution < -0.4 is 0 Å². The quantitative estimate of drug-likeness (QED) is 0.157. The molecule has 3 heterocycles. The van der Waals surface area contributed by atoms with E-state index in [1.54, 1.807) is 0 Å². The maximum absolute atomic E-state index is 5.37. The van der Waals surface area contributed by atoms with Crippen LogP contribution in [0.2, 0.25) is 0 Å². The Balaban J connectivity index is 0.00000444. The second-order valence-electron chi connectivity index (χ2n) is 16.0. The molecule has 0 fully saturated rings. The van der Waals surface area contributed by atoms with Crippen molar-refractivity contribution in [2.75, 3.05) is 0 Å². The van der Waals surface area contributed by atoms with Crippen LogP contribution in [0.15, 0.2) is 237 Å². The average Bonchev–Trinajstić information content (AvgIpc) is 3.87. The van der Waals surface area contributed by atoms with Gasteiger partial charge in [-0.15, -0.1) is 0 Å². The summed E-state index contributed by atoms with van der Waals surface area (Å²) in [6.45, 7) is 0. The molecule has 3 nitrogen and oxygen atoms in total. The number of aromatic nitrogens is 3. The van der Waals surface area contributed by atoms with Crippen LogP contribution in [0.1, 0.15) is 7.43 Å². The van der Waals surface area contributed by atoms with E-state index in [1.165, 1.54) is 43.6 Å². The van der Waals surface area contributed by atoms with Crippen LogP contribution >= 0.6 is 0 Å². The molecule has 0 amide bonds. The lowest BCUT2D eigenvalue weighted by atomic mass is 9.96. The first-order valence-corrected chi connectivity index (χ1v) is 21.2. The van der Waals surface area contributed by atoms with Gasteiger partial charge in [-0.25, -0.2) is 4.98 Å². The van der Waals surface area contributed by atoms with E-state index in [0.29, 0.717) is 0 Å². The molecule has 0 bridgehead atoms. The van der Waals surface area contributed by atoms with Gasteiger partial charge in [0, 0.05) is 44.0 Å². The van der Waals surface area contributed by atoms with Crippen LogP contribution in [0.5, 0.6) is 0 Å². The van der Waals surface area contributed by atoms with E-state index in [9.17, 15) is 0 Å². The third kappa shape index (κ3) is 6.59. The molecule has 0 atom stereocenters. The van der Waals surface area contributed by atoms with E-state index in [4.69, 9.17) is 4.98 Å². The Bertz CT molecular complexity index is 3290. The van der Waals surface area contributed by atoms with E-state index in [2.05, 4.69) is 246 Å². The van der Waals surface area contributed by atoms with Crippen molar-refractivity contribution in [3.63, 3.8) is 0 Å². The first-order chi connectivity index (χ1) is 30.7. The number of rotatable bonds is 7. The third-order valence-electron chi connectivity index (χ3n) is 12.3. The topological polar surface area (TPSA) is 22.8 Å². The Morgan fingerprint density at radius 1 is 0.238 bits per heavy atom. The predicted octanol–water partition coefficient (Wildman–Crippen LogP) is 16.2. The van der Waals surface area contributed by atoms with E-state index in [-0.39, 0.29) is 7.43 Å². The Hall–Kier alpha value is -8.27. The SMILES string of the molecule is C.c1ccc(-c2cc(-c3cccc(-c4ccc(-n5c6ccccc6c6ccccc65)cc4)c3)nc(-c3cccc(-c4ccc(-n5c6ccccc6c6ccccc65)cc4)c3)c2)cc1. The standard InChI is InChI=1S/C59H39N3.CH4/c1-2-14-40(15-3-1)47-38-54(45-18-12-16-43(36-45)41-28-32-48(33-29-41)61-56-24-8-4-20-50(56)51-21-5-9-25-57(51)61)60-55(39-47)46-19-13-17-44(37-46)42-30-34-49(35-31-42)62-58-26-10-6-22-52(58)53-23-7-11-27-59(53)62;/h1-39H;1H4. The second-order valence-corrected chi connectivity index (χ2v) is 16.0.